The number of nitrogens with zero attached hydrogens (tertiary/aromatic N) is 1. The molecule has 1 N–H and O–H groups in total. The SMILES string of the molecule is COC(=O)C1(NC(=O)OC(C)(C)C)CCN(C(=O)OC(C)(C)C)C1. The molecule has 1 aliphatic rings. The first-order valence-corrected chi connectivity index (χ1v) is 7.85. The molecule has 1 unspecified atom stereocenters. The fourth-order valence-electron chi connectivity index (χ4n) is 2.31. The van der Waals surface area contributed by atoms with E-state index in [0.717, 1.165) is 0 Å². The van der Waals surface area contributed by atoms with Gasteiger partial charge in [0.1, 0.15) is 11.2 Å². The van der Waals surface area contributed by atoms with Gasteiger partial charge < -0.3 is 24.4 Å². The van der Waals surface area contributed by atoms with Crippen LogP contribution in [0.3, 0.4) is 0 Å². The molecule has 2 amide bonds. The van der Waals surface area contributed by atoms with E-state index < -0.39 is 34.9 Å². The molecule has 1 aliphatic heterocycles. The van der Waals surface area contributed by atoms with Gasteiger partial charge in [-0.3, -0.25) is 0 Å². The lowest BCUT2D eigenvalue weighted by Gasteiger charge is -2.30. The Morgan fingerprint density at radius 2 is 1.54 bits per heavy atom. The molecule has 0 radical (unpaired) electrons. The molecule has 0 aromatic rings. The fourth-order valence-corrected chi connectivity index (χ4v) is 2.31. The van der Waals surface area contributed by atoms with E-state index in [-0.39, 0.29) is 19.5 Å². The predicted octanol–water partition coefficient (Wildman–Crippen LogP) is 2.06. The van der Waals surface area contributed by atoms with E-state index >= 15 is 0 Å². The molecule has 138 valence electrons. The topological polar surface area (TPSA) is 94.2 Å². The van der Waals surface area contributed by atoms with E-state index in [1.54, 1.807) is 41.5 Å². The highest BCUT2D eigenvalue weighted by atomic mass is 16.6. The van der Waals surface area contributed by atoms with Gasteiger partial charge in [-0.15, -0.1) is 0 Å². The Balaban J connectivity index is 2.87. The van der Waals surface area contributed by atoms with Gasteiger partial charge in [0.15, 0.2) is 5.54 Å². The van der Waals surface area contributed by atoms with Crippen LogP contribution >= 0.6 is 0 Å². The lowest BCUT2D eigenvalue weighted by Crippen LogP contribution is -2.58. The summed E-state index contributed by atoms with van der Waals surface area (Å²) in [4.78, 5) is 37.8. The minimum Gasteiger partial charge on any atom is -0.467 e. The lowest BCUT2D eigenvalue weighted by atomic mass is 9.99. The van der Waals surface area contributed by atoms with Crippen LogP contribution in [0.2, 0.25) is 0 Å². The van der Waals surface area contributed by atoms with Gasteiger partial charge in [-0.25, -0.2) is 14.4 Å². The van der Waals surface area contributed by atoms with Gasteiger partial charge in [0.05, 0.1) is 13.7 Å². The second-order valence-corrected chi connectivity index (χ2v) is 7.85. The number of hydrogen-bond donors (Lipinski definition) is 1. The van der Waals surface area contributed by atoms with E-state index in [2.05, 4.69) is 5.32 Å². The molecule has 0 bridgehead atoms. The number of alkyl carbamates (subject to hydrolysis) is 1. The number of carbonyl (C=O) groups is 3. The maximum atomic E-state index is 12.2. The molecular formula is C16H28N2O6. The summed E-state index contributed by atoms with van der Waals surface area (Å²) in [6.07, 6.45) is -1.06. The number of ether oxygens (including phenoxy) is 3. The average molecular weight is 344 g/mol. The summed E-state index contributed by atoms with van der Waals surface area (Å²) in [5.74, 6) is -0.626. The van der Waals surface area contributed by atoms with Crippen molar-refractivity contribution in [2.24, 2.45) is 0 Å². The molecule has 24 heavy (non-hydrogen) atoms. The molecule has 1 rings (SSSR count). The normalized spacial score (nSPS) is 21.2. The smallest absolute Gasteiger partial charge is 0.410 e. The van der Waals surface area contributed by atoms with Gasteiger partial charge in [-0.1, -0.05) is 0 Å². The fraction of sp³-hybridized carbons (Fsp3) is 0.812. The molecule has 1 heterocycles. The molecule has 1 fully saturated rings. The molecule has 1 saturated heterocycles. The first kappa shape index (κ1) is 20.1. The average Bonchev–Trinajstić information content (AvgIpc) is 2.78. The van der Waals surface area contributed by atoms with Crippen LogP contribution in [0.4, 0.5) is 9.59 Å². The number of esters is 1. The van der Waals surface area contributed by atoms with Crippen molar-refractivity contribution in [2.45, 2.75) is 64.7 Å². The van der Waals surface area contributed by atoms with Crippen molar-refractivity contribution in [3.8, 4) is 0 Å². The summed E-state index contributed by atoms with van der Waals surface area (Å²) in [6.45, 7) is 10.7. The highest BCUT2D eigenvalue weighted by Crippen LogP contribution is 2.25. The Morgan fingerprint density at radius 3 is 2.00 bits per heavy atom. The maximum absolute atomic E-state index is 12.2. The van der Waals surface area contributed by atoms with Crippen LogP contribution in [0, 0.1) is 0 Å². The van der Waals surface area contributed by atoms with Gasteiger partial charge in [0, 0.05) is 13.0 Å². The van der Waals surface area contributed by atoms with Gasteiger partial charge in [0.25, 0.3) is 0 Å². The quantitative estimate of drug-likeness (QED) is 0.609. The first-order chi connectivity index (χ1) is 10.8. The van der Waals surface area contributed by atoms with E-state index in [0.29, 0.717) is 0 Å². The zero-order chi connectivity index (χ0) is 18.8. The monoisotopic (exact) mass is 344 g/mol. The Morgan fingerprint density at radius 1 is 1.00 bits per heavy atom. The maximum Gasteiger partial charge on any atom is 0.410 e. The number of amides is 2. The minimum atomic E-state index is -1.34. The minimum absolute atomic E-state index is 0.0339. The number of likely N-dealkylation sites (tertiary alicyclic amines) is 1. The predicted molar refractivity (Wildman–Crippen MR) is 86.5 cm³/mol. The third-order valence-electron chi connectivity index (χ3n) is 3.24. The molecule has 0 aliphatic carbocycles. The Kier molecular flexibility index (Phi) is 5.74. The van der Waals surface area contributed by atoms with Gasteiger partial charge >= 0.3 is 18.2 Å². The van der Waals surface area contributed by atoms with Gasteiger partial charge in [-0.2, -0.15) is 0 Å². The molecular weight excluding hydrogens is 316 g/mol. The van der Waals surface area contributed by atoms with Crippen LogP contribution in [0.15, 0.2) is 0 Å². The number of methoxy groups -OCH3 is 1. The van der Waals surface area contributed by atoms with Crippen molar-refractivity contribution in [3.63, 3.8) is 0 Å². The summed E-state index contributed by atoms with van der Waals surface area (Å²) >= 11 is 0. The highest BCUT2D eigenvalue weighted by molar-refractivity contribution is 5.87. The Hall–Kier alpha value is -1.99. The van der Waals surface area contributed by atoms with Crippen LogP contribution in [0.5, 0.6) is 0 Å². The summed E-state index contributed by atoms with van der Waals surface area (Å²) in [5.41, 5.74) is -2.69. The zero-order valence-corrected chi connectivity index (χ0v) is 15.5. The standard InChI is InChI=1S/C16H28N2O6/c1-14(2,3)23-12(20)17-16(11(19)22-7)8-9-18(10-16)13(21)24-15(4,5)6/h8-10H2,1-7H3,(H,17,20). The third kappa shape index (κ3) is 5.58. The number of rotatable bonds is 2. The van der Waals surface area contributed by atoms with Crippen LogP contribution in [0.1, 0.15) is 48.0 Å². The number of nitrogens with one attached hydrogen (secondary N) is 1. The van der Waals surface area contributed by atoms with Crippen LogP contribution in [-0.4, -0.2) is 60.0 Å². The van der Waals surface area contributed by atoms with Gasteiger partial charge in [-0.05, 0) is 41.5 Å². The number of carbonyl (C=O) groups excluding carboxylic acids is 3. The summed E-state index contributed by atoms with van der Waals surface area (Å²) in [6, 6.07) is 0. The van der Waals surface area contributed by atoms with Crippen molar-refractivity contribution in [3.05, 3.63) is 0 Å². The molecule has 0 aromatic carbocycles. The van der Waals surface area contributed by atoms with Crippen molar-refractivity contribution >= 4 is 18.2 Å². The van der Waals surface area contributed by atoms with Crippen molar-refractivity contribution in [2.75, 3.05) is 20.2 Å². The second-order valence-electron chi connectivity index (χ2n) is 7.85. The van der Waals surface area contributed by atoms with Gasteiger partial charge in [0.2, 0.25) is 0 Å². The van der Waals surface area contributed by atoms with E-state index in [1.165, 1.54) is 12.0 Å². The van der Waals surface area contributed by atoms with E-state index in [9.17, 15) is 14.4 Å². The third-order valence-corrected chi connectivity index (χ3v) is 3.24. The Bertz CT molecular complexity index is 506. The largest absolute Gasteiger partial charge is 0.467 e. The van der Waals surface area contributed by atoms with E-state index in [4.69, 9.17) is 14.2 Å². The molecule has 0 aromatic heterocycles. The summed E-state index contributed by atoms with van der Waals surface area (Å²) in [5, 5.41) is 2.56. The molecule has 1 atom stereocenters. The van der Waals surface area contributed by atoms with Crippen LogP contribution < -0.4 is 5.32 Å². The lowest BCUT2D eigenvalue weighted by molar-refractivity contribution is -0.148. The second kappa shape index (κ2) is 6.86. The summed E-state index contributed by atoms with van der Waals surface area (Å²) in [7, 11) is 1.23. The van der Waals surface area contributed by atoms with E-state index in [1.807, 2.05) is 0 Å². The van der Waals surface area contributed by atoms with Crippen molar-refractivity contribution in [1.29, 1.82) is 0 Å². The van der Waals surface area contributed by atoms with Crippen LogP contribution in [0.25, 0.3) is 0 Å². The zero-order valence-electron chi connectivity index (χ0n) is 15.5. The molecule has 0 saturated carbocycles. The molecule has 8 heteroatoms. The van der Waals surface area contributed by atoms with Crippen molar-refractivity contribution in [1.82, 2.24) is 10.2 Å². The Labute approximate surface area is 142 Å². The number of hydrogen-bond acceptors (Lipinski definition) is 6. The van der Waals surface area contributed by atoms with Crippen LogP contribution in [-0.2, 0) is 19.0 Å². The first-order valence-electron chi connectivity index (χ1n) is 7.85. The highest BCUT2D eigenvalue weighted by Gasteiger charge is 2.49. The van der Waals surface area contributed by atoms with Crippen molar-refractivity contribution < 1.29 is 28.6 Å². The molecule has 0 spiro atoms. The molecule has 8 nitrogen and oxygen atoms in total. The summed E-state index contributed by atoms with van der Waals surface area (Å²) < 4.78 is 15.3.